The minimum atomic E-state index is -0.0460. The van der Waals surface area contributed by atoms with Gasteiger partial charge in [0.25, 0.3) is 0 Å². The standard InChI is InChI=1S/C9H13IO/c10-9-3-1-2-6-4-7(11)5-8(6)9/h7,9,11H,1-5H2. The van der Waals surface area contributed by atoms with Crippen LogP contribution >= 0.6 is 22.6 Å². The maximum atomic E-state index is 9.43. The van der Waals surface area contributed by atoms with Crippen LogP contribution in [0.2, 0.25) is 0 Å². The summed E-state index contributed by atoms with van der Waals surface area (Å²) in [6.07, 6.45) is 5.80. The fraction of sp³-hybridized carbons (Fsp3) is 0.778. The Balaban J connectivity index is 2.19. The summed E-state index contributed by atoms with van der Waals surface area (Å²) in [5.74, 6) is 0. The lowest BCUT2D eigenvalue weighted by molar-refractivity contribution is 0.185. The molecule has 0 spiro atoms. The Labute approximate surface area is 81.0 Å². The second-order valence-electron chi connectivity index (χ2n) is 3.55. The van der Waals surface area contributed by atoms with Gasteiger partial charge < -0.3 is 5.11 Å². The van der Waals surface area contributed by atoms with E-state index in [1.54, 1.807) is 11.1 Å². The van der Waals surface area contributed by atoms with Crippen molar-refractivity contribution in [2.24, 2.45) is 0 Å². The van der Waals surface area contributed by atoms with Gasteiger partial charge in [-0.15, -0.1) is 0 Å². The van der Waals surface area contributed by atoms with E-state index in [1.165, 1.54) is 19.3 Å². The third-order valence-corrected chi connectivity index (χ3v) is 4.08. The first-order valence-electron chi connectivity index (χ1n) is 4.30. The molecule has 0 aromatic heterocycles. The summed E-state index contributed by atoms with van der Waals surface area (Å²) >= 11 is 2.52. The minimum absolute atomic E-state index is 0.0460. The summed E-state index contributed by atoms with van der Waals surface area (Å²) < 4.78 is 0.730. The molecule has 0 fully saturated rings. The highest BCUT2D eigenvalue weighted by Crippen LogP contribution is 2.40. The Kier molecular flexibility index (Phi) is 2.23. The van der Waals surface area contributed by atoms with Gasteiger partial charge in [0.2, 0.25) is 0 Å². The fourth-order valence-electron chi connectivity index (χ4n) is 2.17. The van der Waals surface area contributed by atoms with Crippen molar-refractivity contribution in [3.8, 4) is 0 Å². The fourth-order valence-corrected chi connectivity index (χ4v) is 3.30. The smallest absolute Gasteiger partial charge is 0.0614 e. The number of hydrogen-bond acceptors (Lipinski definition) is 1. The molecule has 0 bridgehead atoms. The van der Waals surface area contributed by atoms with Crippen molar-refractivity contribution in [1.29, 1.82) is 0 Å². The molecule has 2 atom stereocenters. The van der Waals surface area contributed by atoms with Gasteiger partial charge in [-0.05, 0) is 32.1 Å². The summed E-state index contributed by atoms with van der Waals surface area (Å²) in [6, 6.07) is 0. The van der Waals surface area contributed by atoms with Crippen molar-refractivity contribution in [3.05, 3.63) is 11.1 Å². The molecule has 0 saturated carbocycles. The third-order valence-electron chi connectivity index (χ3n) is 2.71. The van der Waals surface area contributed by atoms with Crippen LogP contribution in [-0.2, 0) is 0 Å². The maximum absolute atomic E-state index is 9.43. The molecule has 0 aromatic carbocycles. The van der Waals surface area contributed by atoms with Crippen LogP contribution in [0.1, 0.15) is 32.1 Å². The monoisotopic (exact) mass is 264 g/mol. The molecule has 0 heterocycles. The number of aliphatic hydroxyl groups is 1. The molecule has 11 heavy (non-hydrogen) atoms. The average Bonchev–Trinajstić information content (AvgIpc) is 2.31. The topological polar surface area (TPSA) is 20.2 Å². The zero-order valence-electron chi connectivity index (χ0n) is 6.52. The second kappa shape index (κ2) is 3.05. The predicted molar refractivity (Wildman–Crippen MR) is 53.9 cm³/mol. The zero-order chi connectivity index (χ0) is 7.84. The van der Waals surface area contributed by atoms with Gasteiger partial charge >= 0.3 is 0 Å². The van der Waals surface area contributed by atoms with Gasteiger partial charge in [-0.3, -0.25) is 0 Å². The first-order chi connectivity index (χ1) is 5.27. The summed E-state index contributed by atoms with van der Waals surface area (Å²) in [7, 11) is 0. The lowest BCUT2D eigenvalue weighted by Gasteiger charge is -2.19. The van der Waals surface area contributed by atoms with E-state index in [0.717, 1.165) is 16.8 Å². The number of alkyl halides is 1. The molecular weight excluding hydrogens is 251 g/mol. The highest BCUT2D eigenvalue weighted by molar-refractivity contribution is 14.1. The van der Waals surface area contributed by atoms with E-state index in [4.69, 9.17) is 0 Å². The average molecular weight is 264 g/mol. The van der Waals surface area contributed by atoms with E-state index in [2.05, 4.69) is 22.6 Å². The number of aliphatic hydroxyl groups excluding tert-OH is 1. The molecule has 0 radical (unpaired) electrons. The summed E-state index contributed by atoms with van der Waals surface area (Å²) in [6.45, 7) is 0. The molecule has 62 valence electrons. The van der Waals surface area contributed by atoms with Crippen LogP contribution in [0.15, 0.2) is 11.1 Å². The van der Waals surface area contributed by atoms with Crippen molar-refractivity contribution >= 4 is 22.6 Å². The molecule has 2 rings (SSSR count). The van der Waals surface area contributed by atoms with Crippen LogP contribution in [0.4, 0.5) is 0 Å². The first kappa shape index (κ1) is 8.05. The van der Waals surface area contributed by atoms with Gasteiger partial charge in [0.05, 0.1) is 6.10 Å². The summed E-state index contributed by atoms with van der Waals surface area (Å²) in [4.78, 5) is 0. The van der Waals surface area contributed by atoms with Crippen molar-refractivity contribution < 1.29 is 5.11 Å². The normalized spacial score (nSPS) is 37.6. The largest absolute Gasteiger partial charge is 0.392 e. The molecule has 0 amide bonds. The molecule has 2 aliphatic rings. The van der Waals surface area contributed by atoms with Gasteiger partial charge in [0.1, 0.15) is 0 Å². The zero-order valence-corrected chi connectivity index (χ0v) is 8.67. The number of hydrogen-bond donors (Lipinski definition) is 1. The minimum Gasteiger partial charge on any atom is -0.392 e. The van der Waals surface area contributed by atoms with Gasteiger partial charge in [-0.1, -0.05) is 33.7 Å². The SMILES string of the molecule is OC1CC2=C(C1)C(I)CCC2. The molecule has 0 saturated heterocycles. The summed E-state index contributed by atoms with van der Waals surface area (Å²) in [5.41, 5.74) is 3.15. The Morgan fingerprint density at radius 3 is 2.91 bits per heavy atom. The van der Waals surface area contributed by atoms with Crippen molar-refractivity contribution in [2.45, 2.75) is 42.1 Å². The molecule has 2 heteroatoms. The number of rotatable bonds is 0. The van der Waals surface area contributed by atoms with Crippen LogP contribution < -0.4 is 0 Å². The number of halogens is 1. The molecular formula is C9H13IO. The summed E-state index contributed by atoms with van der Waals surface area (Å²) in [5, 5.41) is 9.43. The highest BCUT2D eigenvalue weighted by atomic mass is 127. The predicted octanol–water partition coefficient (Wildman–Crippen LogP) is 2.43. The third kappa shape index (κ3) is 1.47. The maximum Gasteiger partial charge on any atom is 0.0614 e. The molecule has 1 N–H and O–H groups in total. The second-order valence-corrected chi connectivity index (χ2v) is 5.05. The van der Waals surface area contributed by atoms with Crippen LogP contribution in [0.25, 0.3) is 0 Å². The Morgan fingerprint density at radius 1 is 1.36 bits per heavy atom. The van der Waals surface area contributed by atoms with E-state index >= 15 is 0 Å². The van der Waals surface area contributed by atoms with Crippen molar-refractivity contribution in [3.63, 3.8) is 0 Å². The van der Waals surface area contributed by atoms with E-state index in [9.17, 15) is 5.11 Å². The lowest BCUT2D eigenvalue weighted by atomic mass is 9.94. The lowest BCUT2D eigenvalue weighted by Crippen LogP contribution is -2.08. The van der Waals surface area contributed by atoms with E-state index in [1.807, 2.05) is 0 Å². The Hall–Kier alpha value is 0.430. The quantitative estimate of drug-likeness (QED) is 0.404. The van der Waals surface area contributed by atoms with Gasteiger partial charge in [0.15, 0.2) is 0 Å². The Morgan fingerprint density at radius 2 is 2.18 bits per heavy atom. The molecule has 0 aliphatic heterocycles. The van der Waals surface area contributed by atoms with Crippen molar-refractivity contribution in [2.75, 3.05) is 0 Å². The van der Waals surface area contributed by atoms with E-state index < -0.39 is 0 Å². The first-order valence-corrected chi connectivity index (χ1v) is 5.55. The van der Waals surface area contributed by atoms with E-state index in [-0.39, 0.29) is 6.10 Å². The van der Waals surface area contributed by atoms with Gasteiger partial charge in [-0.25, -0.2) is 0 Å². The molecule has 1 nitrogen and oxygen atoms in total. The molecule has 2 aliphatic carbocycles. The van der Waals surface area contributed by atoms with Crippen LogP contribution in [0.5, 0.6) is 0 Å². The Bertz CT molecular complexity index is 198. The molecule has 0 aromatic rings. The highest BCUT2D eigenvalue weighted by Gasteiger charge is 2.28. The van der Waals surface area contributed by atoms with Gasteiger partial charge in [0, 0.05) is 3.92 Å². The van der Waals surface area contributed by atoms with Gasteiger partial charge in [-0.2, -0.15) is 0 Å². The van der Waals surface area contributed by atoms with Crippen LogP contribution in [0.3, 0.4) is 0 Å². The molecule has 2 unspecified atom stereocenters. The van der Waals surface area contributed by atoms with Crippen LogP contribution in [-0.4, -0.2) is 15.1 Å². The van der Waals surface area contributed by atoms with E-state index in [0.29, 0.717) is 0 Å². The van der Waals surface area contributed by atoms with Crippen molar-refractivity contribution in [1.82, 2.24) is 0 Å². The van der Waals surface area contributed by atoms with Crippen LogP contribution in [0, 0.1) is 0 Å².